The maximum absolute atomic E-state index is 12.1. The molecule has 1 aliphatic rings. The third-order valence-electron chi connectivity index (χ3n) is 3.44. The Labute approximate surface area is 112 Å². The summed E-state index contributed by atoms with van der Waals surface area (Å²) in [6, 6.07) is 5.05. The van der Waals surface area contributed by atoms with Crippen molar-refractivity contribution in [2.24, 2.45) is 11.7 Å². The number of amides is 2. The van der Waals surface area contributed by atoms with Gasteiger partial charge in [0.1, 0.15) is 0 Å². The van der Waals surface area contributed by atoms with Crippen LogP contribution in [0.2, 0.25) is 0 Å². The number of nitrogens with one attached hydrogen (secondary N) is 2. The molecule has 0 bridgehead atoms. The van der Waals surface area contributed by atoms with Gasteiger partial charge in [-0.05, 0) is 50.1 Å². The van der Waals surface area contributed by atoms with E-state index in [1.165, 1.54) is 0 Å². The summed E-state index contributed by atoms with van der Waals surface area (Å²) in [5.41, 5.74) is 7.25. The van der Waals surface area contributed by atoms with E-state index in [4.69, 9.17) is 5.73 Å². The summed E-state index contributed by atoms with van der Waals surface area (Å²) in [6.07, 6.45) is 1.94. The molecule has 2 amide bonds. The molecule has 1 fully saturated rings. The number of primary amides is 1. The summed E-state index contributed by atoms with van der Waals surface area (Å²) in [5.74, 6) is -0.413. The minimum absolute atomic E-state index is 0.0176. The third-order valence-corrected chi connectivity index (χ3v) is 3.44. The summed E-state index contributed by atoms with van der Waals surface area (Å²) in [6.45, 7) is 3.56. The molecule has 1 aromatic rings. The largest absolute Gasteiger partial charge is 0.366 e. The van der Waals surface area contributed by atoms with Crippen LogP contribution in [0.15, 0.2) is 18.2 Å². The zero-order valence-electron chi connectivity index (χ0n) is 11.0. The fourth-order valence-electron chi connectivity index (χ4n) is 2.27. The molecule has 19 heavy (non-hydrogen) atoms. The number of benzene rings is 1. The highest BCUT2D eigenvalue weighted by molar-refractivity contribution is 5.96. The monoisotopic (exact) mass is 261 g/mol. The number of carbonyl (C=O) groups is 2. The molecule has 0 aliphatic carbocycles. The fourth-order valence-corrected chi connectivity index (χ4v) is 2.27. The minimum atomic E-state index is -0.461. The van der Waals surface area contributed by atoms with Crippen molar-refractivity contribution in [2.45, 2.75) is 19.8 Å². The second kappa shape index (κ2) is 5.84. The van der Waals surface area contributed by atoms with E-state index in [9.17, 15) is 9.59 Å². The lowest BCUT2D eigenvalue weighted by atomic mass is 9.98. The normalized spacial score (nSPS) is 18.9. The molecule has 0 saturated carbocycles. The van der Waals surface area contributed by atoms with Crippen molar-refractivity contribution in [2.75, 3.05) is 18.4 Å². The fraction of sp³-hybridized carbons (Fsp3) is 0.429. The van der Waals surface area contributed by atoms with Crippen LogP contribution in [0.25, 0.3) is 0 Å². The number of hydrogen-bond acceptors (Lipinski definition) is 3. The van der Waals surface area contributed by atoms with Gasteiger partial charge in [0.05, 0.1) is 5.92 Å². The van der Waals surface area contributed by atoms with Crippen LogP contribution in [-0.4, -0.2) is 24.9 Å². The van der Waals surface area contributed by atoms with Crippen LogP contribution in [0.1, 0.15) is 28.8 Å². The molecule has 1 aromatic carbocycles. The maximum atomic E-state index is 12.1. The van der Waals surface area contributed by atoms with Crippen LogP contribution >= 0.6 is 0 Å². The number of nitrogens with two attached hydrogens (primary N) is 1. The Bertz CT molecular complexity index is 493. The molecule has 1 saturated heterocycles. The van der Waals surface area contributed by atoms with Crippen molar-refractivity contribution in [3.63, 3.8) is 0 Å². The molecular formula is C14H19N3O2. The summed E-state index contributed by atoms with van der Waals surface area (Å²) in [5, 5.41) is 6.13. The Morgan fingerprint density at radius 3 is 2.79 bits per heavy atom. The molecule has 1 unspecified atom stereocenters. The number of carbonyl (C=O) groups excluding carboxylic acids is 2. The minimum Gasteiger partial charge on any atom is -0.366 e. The zero-order chi connectivity index (χ0) is 13.8. The average molecular weight is 261 g/mol. The van der Waals surface area contributed by atoms with Gasteiger partial charge >= 0.3 is 0 Å². The van der Waals surface area contributed by atoms with Crippen molar-refractivity contribution in [3.05, 3.63) is 29.3 Å². The second-order valence-electron chi connectivity index (χ2n) is 4.93. The first-order valence-electron chi connectivity index (χ1n) is 6.50. The second-order valence-corrected chi connectivity index (χ2v) is 4.93. The van der Waals surface area contributed by atoms with E-state index in [0.717, 1.165) is 37.2 Å². The third kappa shape index (κ3) is 3.32. The lowest BCUT2D eigenvalue weighted by Gasteiger charge is -2.22. The Kier molecular flexibility index (Phi) is 4.16. The van der Waals surface area contributed by atoms with E-state index in [1.807, 2.05) is 6.92 Å². The number of rotatable bonds is 3. The van der Waals surface area contributed by atoms with E-state index in [0.29, 0.717) is 5.56 Å². The molecule has 1 heterocycles. The van der Waals surface area contributed by atoms with Gasteiger partial charge < -0.3 is 16.4 Å². The summed E-state index contributed by atoms with van der Waals surface area (Å²) >= 11 is 0. The van der Waals surface area contributed by atoms with E-state index in [1.54, 1.807) is 18.2 Å². The molecular weight excluding hydrogens is 242 g/mol. The molecule has 2 rings (SSSR count). The Hall–Kier alpha value is -1.88. The van der Waals surface area contributed by atoms with Crippen LogP contribution in [0, 0.1) is 12.8 Å². The maximum Gasteiger partial charge on any atom is 0.248 e. The summed E-state index contributed by atoms with van der Waals surface area (Å²) < 4.78 is 0. The number of hydrogen-bond donors (Lipinski definition) is 3. The molecule has 1 atom stereocenters. The van der Waals surface area contributed by atoms with Gasteiger partial charge in [-0.3, -0.25) is 9.59 Å². The van der Waals surface area contributed by atoms with Gasteiger partial charge in [0.25, 0.3) is 0 Å². The first kappa shape index (κ1) is 13.5. The molecule has 5 nitrogen and oxygen atoms in total. The van der Waals surface area contributed by atoms with E-state index < -0.39 is 5.91 Å². The van der Waals surface area contributed by atoms with Gasteiger partial charge in [0.2, 0.25) is 11.8 Å². The van der Waals surface area contributed by atoms with Crippen molar-refractivity contribution in [1.82, 2.24) is 5.32 Å². The SMILES string of the molecule is Cc1cc(C(N)=O)ccc1NC(=O)C1CCCNC1. The van der Waals surface area contributed by atoms with Gasteiger partial charge in [0, 0.05) is 17.8 Å². The van der Waals surface area contributed by atoms with Crippen LogP contribution in [-0.2, 0) is 4.79 Å². The molecule has 102 valence electrons. The number of anilines is 1. The van der Waals surface area contributed by atoms with Crippen molar-refractivity contribution in [1.29, 1.82) is 0 Å². The van der Waals surface area contributed by atoms with Crippen LogP contribution in [0.5, 0.6) is 0 Å². The smallest absolute Gasteiger partial charge is 0.248 e. The highest BCUT2D eigenvalue weighted by atomic mass is 16.2. The van der Waals surface area contributed by atoms with E-state index in [2.05, 4.69) is 10.6 Å². The Morgan fingerprint density at radius 2 is 2.21 bits per heavy atom. The lowest BCUT2D eigenvalue weighted by Crippen LogP contribution is -2.37. The molecule has 0 spiro atoms. The van der Waals surface area contributed by atoms with Crippen molar-refractivity contribution < 1.29 is 9.59 Å². The molecule has 0 radical (unpaired) electrons. The van der Waals surface area contributed by atoms with Gasteiger partial charge in [-0.15, -0.1) is 0 Å². The Balaban J connectivity index is 2.06. The summed E-state index contributed by atoms with van der Waals surface area (Å²) in [4.78, 5) is 23.2. The van der Waals surface area contributed by atoms with Gasteiger partial charge in [-0.1, -0.05) is 0 Å². The van der Waals surface area contributed by atoms with Crippen molar-refractivity contribution in [3.8, 4) is 0 Å². The van der Waals surface area contributed by atoms with Gasteiger partial charge in [-0.25, -0.2) is 0 Å². The standard InChI is InChI=1S/C14H19N3O2/c1-9-7-10(13(15)18)4-5-12(9)17-14(19)11-3-2-6-16-8-11/h4-5,7,11,16H,2-3,6,8H2,1H3,(H2,15,18)(H,17,19). The van der Waals surface area contributed by atoms with Crippen LogP contribution < -0.4 is 16.4 Å². The zero-order valence-corrected chi connectivity index (χ0v) is 11.0. The lowest BCUT2D eigenvalue weighted by molar-refractivity contribution is -0.120. The van der Waals surface area contributed by atoms with Gasteiger partial charge in [-0.2, -0.15) is 0 Å². The van der Waals surface area contributed by atoms with E-state index >= 15 is 0 Å². The first-order valence-corrected chi connectivity index (χ1v) is 6.50. The van der Waals surface area contributed by atoms with E-state index in [-0.39, 0.29) is 11.8 Å². The quantitative estimate of drug-likeness (QED) is 0.760. The van der Waals surface area contributed by atoms with Crippen LogP contribution in [0.3, 0.4) is 0 Å². The number of aryl methyl sites for hydroxylation is 1. The summed E-state index contributed by atoms with van der Waals surface area (Å²) in [7, 11) is 0. The predicted molar refractivity (Wildman–Crippen MR) is 73.9 cm³/mol. The Morgan fingerprint density at radius 1 is 1.42 bits per heavy atom. The molecule has 1 aliphatic heterocycles. The van der Waals surface area contributed by atoms with Crippen molar-refractivity contribution >= 4 is 17.5 Å². The van der Waals surface area contributed by atoms with Crippen LogP contribution in [0.4, 0.5) is 5.69 Å². The molecule has 5 heteroatoms. The molecule has 4 N–H and O–H groups in total. The van der Waals surface area contributed by atoms with Gasteiger partial charge in [0.15, 0.2) is 0 Å². The average Bonchev–Trinajstić information content (AvgIpc) is 2.41. The topological polar surface area (TPSA) is 84.2 Å². The number of piperidine rings is 1. The highest BCUT2D eigenvalue weighted by Gasteiger charge is 2.21. The first-order chi connectivity index (χ1) is 9.08. The predicted octanol–water partition coefficient (Wildman–Crippen LogP) is 1.03. The highest BCUT2D eigenvalue weighted by Crippen LogP contribution is 2.19. The molecule has 0 aromatic heterocycles.